The van der Waals surface area contributed by atoms with E-state index < -0.39 is 0 Å². The Morgan fingerprint density at radius 3 is 1.70 bits per heavy atom. The Labute approximate surface area is 253 Å². The smallest absolute Gasteiger partial charge is 0.0971 e. The largest absolute Gasteiger partial charge is 0.309 e. The molecule has 0 bridgehead atoms. The van der Waals surface area contributed by atoms with E-state index in [9.17, 15) is 0 Å². The minimum atomic E-state index is 0.931. The van der Waals surface area contributed by atoms with Crippen molar-refractivity contribution >= 4 is 54.4 Å². The van der Waals surface area contributed by atoms with Gasteiger partial charge in [-0.15, -0.1) is 0 Å². The van der Waals surface area contributed by atoms with Gasteiger partial charge >= 0.3 is 0 Å². The normalized spacial score (nSPS) is 12.5. The SMILES string of the molecule is c1ccc2c(c1)c1cc(-c3ccc4c(c3)Cc3cc(-n5c6ccccc6c6ccccc65)ccc3-4)ccc1c1nccnc21. The van der Waals surface area contributed by atoms with Gasteiger partial charge in [-0.2, -0.15) is 0 Å². The number of rotatable bonds is 2. The second-order valence-corrected chi connectivity index (χ2v) is 11.8. The number of nitrogens with zero attached hydrogens (tertiary/aromatic N) is 3. The van der Waals surface area contributed by atoms with E-state index in [-0.39, 0.29) is 0 Å². The Bertz CT molecular complexity index is 2560. The summed E-state index contributed by atoms with van der Waals surface area (Å²) in [4.78, 5) is 9.41. The fraction of sp³-hybridized carbons (Fsp3) is 0.0244. The Balaban J connectivity index is 1.08. The molecule has 0 atom stereocenters. The highest BCUT2D eigenvalue weighted by Crippen LogP contribution is 2.42. The van der Waals surface area contributed by atoms with Crippen LogP contribution in [0.1, 0.15) is 11.1 Å². The van der Waals surface area contributed by atoms with E-state index in [4.69, 9.17) is 4.98 Å². The molecule has 0 radical (unpaired) electrons. The number of benzene rings is 7. The maximum Gasteiger partial charge on any atom is 0.0971 e. The summed E-state index contributed by atoms with van der Waals surface area (Å²) in [6.45, 7) is 0. The molecule has 1 aliphatic carbocycles. The molecule has 0 fully saturated rings. The maximum atomic E-state index is 4.73. The molecule has 0 aliphatic heterocycles. The van der Waals surface area contributed by atoms with E-state index in [1.165, 1.54) is 71.6 Å². The minimum absolute atomic E-state index is 0.931. The van der Waals surface area contributed by atoms with Crippen LogP contribution in [0.5, 0.6) is 0 Å². The Kier molecular flexibility index (Phi) is 4.77. The molecule has 3 nitrogen and oxygen atoms in total. The molecule has 10 rings (SSSR count). The molecule has 44 heavy (non-hydrogen) atoms. The molecule has 2 heterocycles. The van der Waals surface area contributed by atoms with E-state index in [0.29, 0.717) is 0 Å². The summed E-state index contributed by atoms with van der Waals surface area (Å²) < 4.78 is 2.41. The van der Waals surface area contributed by atoms with Gasteiger partial charge in [0, 0.05) is 39.6 Å². The van der Waals surface area contributed by atoms with Crippen LogP contribution in [0.3, 0.4) is 0 Å². The van der Waals surface area contributed by atoms with Crippen LogP contribution >= 0.6 is 0 Å². The quantitative estimate of drug-likeness (QED) is 0.197. The molecular weight excluding hydrogens is 534 g/mol. The van der Waals surface area contributed by atoms with Gasteiger partial charge in [0.25, 0.3) is 0 Å². The van der Waals surface area contributed by atoms with Gasteiger partial charge in [-0.1, -0.05) is 97.1 Å². The van der Waals surface area contributed by atoms with Crippen molar-refractivity contribution in [1.82, 2.24) is 14.5 Å². The van der Waals surface area contributed by atoms with E-state index in [1.807, 2.05) is 0 Å². The molecule has 0 saturated carbocycles. The Hall–Kier alpha value is -5.80. The molecule has 0 saturated heterocycles. The molecule has 9 aromatic rings. The second-order valence-electron chi connectivity index (χ2n) is 11.8. The van der Waals surface area contributed by atoms with E-state index in [1.54, 1.807) is 12.4 Å². The van der Waals surface area contributed by atoms with Crippen LogP contribution in [0.15, 0.2) is 140 Å². The fourth-order valence-corrected chi connectivity index (χ4v) is 7.53. The zero-order chi connectivity index (χ0) is 28.8. The molecule has 7 aromatic carbocycles. The standard InChI is InChI=1S/C41H25N3/c1-2-10-35-32(7-1)37-24-26(14-17-36(37)41-40(35)42-19-20-43-41)25-13-16-30-27(21-25)22-28-23-29(15-18-31(28)30)44-38-11-5-3-8-33(38)34-9-4-6-12-39(34)44/h1-21,23-24H,22H2. The molecular formula is C41H25N3. The maximum absolute atomic E-state index is 4.73. The summed E-state index contributed by atoms with van der Waals surface area (Å²) >= 11 is 0. The minimum Gasteiger partial charge on any atom is -0.309 e. The van der Waals surface area contributed by atoms with Gasteiger partial charge in [0.15, 0.2) is 0 Å². The highest BCUT2D eigenvalue weighted by Gasteiger charge is 2.21. The summed E-state index contributed by atoms with van der Waals surface area (Å²) in [5.74, 6) is 0. The van der Waals surface area contributed by atoms with Crippen molar-refractivity contribution in [3.05, 3.63) is 151 Å². The van der Waals surface area contributed by atoms with Gasteiger partial charge in [-0.3, -0.25) is 9.97 Å². The number of fused-ring (bicyclic) bond motifs is 12. The van der Waals surface area contributed by atoms with Gasteiger partial charge in [0.05, 0.1) is 22.1 Å². The number of para-hydroxylation sites is 2. The van der Waals surface area contributed by atoms with Crippen molar-refractivity contribution in [2.24, 2.45) is 0 Å². The third-order valence-corrected chi connectivity index (χ3v) is 9.48. The van der Waals surface area contributed by atoms with Crippen LogP contribution in [0.25, 0.3) is 82.3 Å². The van der Waals surface area contributed by atoms with Gasteiger partial charge in [0.1, 0.15) is 0 Å². The lowest BCUT2D eigenvalue weighted by molar-refractivity contribution is 1.16. The highest BCUT2D eigenvalue weighted by molar-refractivity contribution is 6.23. The third kappa shape index (κ3) is 3.27. The van der Waals surface area contributed by atoms with Crippen LogP contribution in [-0.2, 0) is 6.42 Å². The molecule has 204 valence electrons. The first kappa shape index (κ1) is 23.7. The molecule has 0 amide bonds. The van der Waals surface area contributed by atoms with Crippen molar-refractivity contribution in [2.45, 2.75) is 6.42 Å². The van der Waals surface area contributed by atoms with Crippen LogP contribution in [0.4, 0.5) is 0 Å². The highest BCUT2D eigenvalue weighted by atomic mass is 15.0. The fourth-order valence-electron chi connectivity index (χ4n) is 7.53. The first-order valence-electron chi connectivity index (χ1n) is 15.1. The third-order valence-electron chi connectivity index (χ3n) is 9.48. The van der Waals surface area contributed by atoms with Gasteiger partial charge in [-0.25, -0.2) is 0 Å². The second kappa shape index (κ2) is 8.85. The number of aromatic nitrogens is 3. The van der Waals surface area contributed by atoms with E-state index in [2.05, 4.69) is 137 Å². The lowest BCUT2D eigenvalue weighted by Gasteiger charge is -2.11. The van der Waals surface area contributed by atoms with Crippen LogP contribution in [0, 0.1) is 0 Å². The summed E-state index contributed by atoms with van der Waals surface area (Å²) in [5.41, 5.74) is 13.5. The Morgan fingerprint density at radius 1 is 0.432 bits per heavy atom. The van der Waals surface area contributed by atoms with Crippen molar-refractivity contribution in [2.75, 3.05) is 0 Å². The van der Waals surface area contributed by atoms with Gasteiger partial charge in [0.2, 0.25) is 0 Å². The average molecular weight is 560 g/mol. The first-order valence-corrected chi connectivity index (χ1v) is 15.1. The predicted molar refractivity (Wildman–Crippen MR) is 183 cm³/mol. The predicted octanol–water partition coefficient (Wildman–Crippen LogP) is 10.3. The average Bonchev–Trinajstić information content (AvgIpc) is 3.63. The van der Waals surface area contributed by atoms with Crippen LogP contribution in [-0.4, -0.2) is 14.5 Å². The van der Waals surface area contributed by atoms with E-state index >= 15 is 0 Å². The number of hydrogen-bond acceptors (Lipinski definition) is 2. The van der Waals surface area contributed by atoms with Crippen LogP contribution < -0.4 is 0 Å². The molecule has 2 aromatic heterocycles. The topological polar surface area (TPSA) is 30.7 Å². The molecule has 1 aliphatic rings. The van der Waals surface area contributed by atoms with Crippen molar-refractivity contribution in [1.29, 1.82) is 0 Å². The molecule has 3 heteroatoms. The van der Waals surface area contributed by atoms with Gasteiger partial charge in [-0.05, 0) is 80.9 Å². The molecule has 0 N–H and O–H groups in total. The summed E-state index contributed by atoms with van der Waals surface area (Å²) in [5, 5.41) is 7.29. The first-order chi connectivity index (χ1) is 21.8. The van der Waals surface area contributed by atoms with Gasteiger partial charge < -0.3 is 4.57 Å². The Morgan fingerprint density at radius 2 is 0.977 bits per heavy atom. The van der Waals surface area contributed by atoms with Crippen molar-refractivity contribution in [3.63, 3.8) is 0 Å². The van der Waals surface area contributed by atoms with Crippen molar-refractivity contribution in [3.8, 4) is 27.9 Å². The monoisotopic (exact) mass is 559 g/mol. The van der Waals surface area contributed by atoms with Crippen molar-refractivity contribution < 1.29 is 0 Å². The van der Waals surface area contributed by atoms with Crippen LogP contribution in [0.2, 0.25) is 0 Å². The molecule has 0 unspecified atom stereocenters. The summed E-state index contributed by atoms with van der Waals surface area (Å²) in [7, 11) is 0. The summed E-state index contributed by atoms with van der Waals surface area (Å²) in [6.07, 6.45) is 4.50. The zero-order valence-corrected chi connectivity index (χ0v) is 23.8. The van der Waals surface area contributed by atoms with E-state index in [0.717, 1.165) is 28.2 Å². The molecule has 0 spiro atoms. The lowest BCUT2D eigenvalue weighted by atomic mass is 9.94. The summed E-state index contributed by atoms with van der Waals surface area (Å²) in [6, 6.07) is 46.7. The lowest BCUT2D eigenvalue weighted by Crippen LogP contribution is -1.95. The number of hydrogen-bond donors (Lipinski definition) is 0. The zero-order valence-electron chi connectivity index (χ0n) is 23.8.